The van der Waals surface area contributed by atoms with Gasteiger partial charge < -0.3 is 20.6 Å². The first-order valence-corrected chi connectivity index (χ1v) is 19.0. The summed E-state index contributed by atoms with van der Waals surface area (Å²) in [4.78, 5) is 68.3. The number of aliphatic hydroxyl groups excluding tert-OH is 1. The van der Waals surface area contributed by atoms with Crippen molar-refractivity contribution in [3.8, 4) is 6.07 Å². The molecule has 2 aromatic carbocycles. The Balaban J connectivity index is 1.04. The van der Waals surface area contributed by atoms with Crippen LogP contribution < -0.4 is 15.5 Å². The monoisotopic (exact) mass is 780 g/mol. The summed E-state index contributed by atoms with van der Waals surface area (Å²) in [6, 6.07) is 17.1. The average molecular weight is 782 g/mol. The number of benzene rings is 2. The number of aliphatic hydroxyl groups is 1. The number of nitriles is 1. The number of aromatic nitrogens is 3. The molecule has 0 spiro atoms. The Kier molecular flexibility index (Phi) is 9.19. The van der Waals surface area contributed by atoms with E-state index in [1.54, 1.807) is 77.2 Å². The van der Waals surface area contributed by atoms with Crippen molar-refractivity contribution < 1.29 is 24.3 Å². The minimum atomic E-state index is -1.35. The fourth-order valence-corrected chi connectivity index (χ4v) is 8.29. The van der Waals surface area contributed by atoms with Gasteiger partial charge >= 0.3 is 0 Å². The molecule has 13 nitrogen and oxygen atoms in total. The van der Waals surface area contributed by atoms with E-state index >= 15 is 0 Å². The van der Waals surface area contributed by atoms with E-state index in [9.17, 15) is 29.5 Å². The Hall–Kier alpha value is -5.29. The van der Waals surface area contributed by atoms with Crippen LogP contribution >= 0.6 is 23.2 Å². The van der Waals surface area contributed by atoms with Crippen molar-refractivity contribution in [2.24, 2.45) is 5.92 Å². The summed E-state index contributed by atoms with van der Waals surface area (Å²) in [5.41, 5.74) is -0.524. The van der Waals surface area contributed by atoms with Gasteiger partial charge in [-0.25, -0.2) is 9.88 Å². The number of likely N-dealkylation sites (tertiary alicyclic amines) is 1. The molecule has 4 heterocycles. The maximum atomic E-state index is 14.4. The van der Waals surface area contributed by atoms with Crippen LogP contribution in [0.1, 0.15) is 83.1 Å². The van der Waals surface area contributed by atoms with Crippen LogP contribution in [0.15, 0.2) is 67.0 Å². The lowest BCUT2D eigenvalue weighted by molar-refractivity contribution is -0.125. The number of hydrogen-bond acceptors (Lipinski definition) is 8. The average Bonchev–Trinajstić information content (AvgIpc) is 4.09. The van der Waals surface area contributed by atoms with Crippen molar-refractivity contribution in [2.75, 3.05) is 24.6 Å². The quantitative estimate of drug-likeness (QED) is 0.202. The van der Waals surface area contributed by atoms with Gasteiger partial charge in [0.25, 0.3) is 17.7 Å². The van der Waals surface area contributed by atoms with Crippen molar-refractivity contribution in [2.45, 2.75) is 68.5 Å². The molecular formula is C40H38Cl2N8O5. The Morgan fingerprint density at radius 1 is 0.964 bits per heavy atom. The molecule has 55 heavy (non-hydrogen) atoms. The number of piperidine rings is 1. The van der Waals surface area contributed by atoms with Crippen molar-refractivity contribution in [3.63, 3.8) is 0 Å². The van der Waals surface area contributed by atoms with Gasteiger partial charge in [0.2, 0.25) is 11.9 Å². The first-order valence-electron chi connectivity index (χ1n) is 18.3. The van der Waals surface area contributed by atoms with Gasteiger partial charge in [-0.3, -0.25) is 28.7 Å². The minimum absolute atomic E-state index is 0.0891. The van der Waals surface area contributed by atoms with E-state index in [0.717, 1.165) is 18.4 Å². The Bertz CT molecular complexity index is 2250. The summed E-state index contributed by atoms with van der Waals surface area (Å²) in [7, 11) is 0. The van der Waals surface area contributed by atoms with E-state index in [4.69, 9.17) is 23.2 Å². The standard InChI is InChI=1S/C40H38Cl2N8O5/c1-38(20-24-2-4-25(21-43)5-3-24)36(55)49(30-18-28(41)17-29(42)19-30)37-45-22-31(50(37)38)33(52)46-40(11-12-40)35(54)47-39(9-10-39)32-16-27(6-13-44-32)34(53)48-14-7-26(23-51)8-15-48/h2-6,13,16-19,22,26,51H,7-12,14-15,20,23H2,1H3,(H,46,52)(H,47,54)/t38-/m1/s1. The molecule has 1 saturated heterocycles. The first kappa shape index (κ1) is 36.7. The number of nitrogens with one attached hydrogen (secondary N) is 2. The maximum Gasteiger partial charge on any atom is 0.270 e. The largest absolute Gasteiger partial charge is 0.396 e. The molecule has 0 radical (unpaired) electrons. The summed E-state index contributed by atoms with van der Waals surface area (Å²) >= 11 is 12.7. The van der Waals surface area contributed by atoms with Crippen molar-refractivity contribution in [3.05, 3.63) is 105 Å². The van der Waals surface area contributed by atoms with Gasteiger partial charge in [-0.05, 0) is 99.4 Å². The van der Waals surface area contributed by atoms with Crippen LogP contribution in [0.25, 0.3) is 0 Å². The van der Waals surface area contributed by atoms with Gasteiger partial charge in [-0.15, -0.1) is 0 Å². The molecule has 4 amide bonds. The number of carbonyl (C=O) groups excluding carboxylic acids is 4. The van der Waals surface area contributed by atoms with Gasteiger partial charge in [0.05, 0.1) is 34.7 Å². The molecule has 3 fully saturated rings. The smallest absolute Gasteiger partial charge is 0.270 e. The molecule has 8 rings (SSSR count). The molecule has 2 saturated carbocycles. The van der Waals surface area contributed by atoms with Gasteiger partial charge in [0.15, 0.2) is 0 Å². The third-order valence-electron chi connectivity index (χ3n) is 11.4. The third kappa shape index (κ3) is 6.62. The van der Waals surface area contributed by atoms with Crippen LogP contribution in [-0.2, 0) is 27.1 Å². The zero-order chi connectivity index (χ0) is 38.7. The van der Waals surface area contributed by atoms with E-state index in [-0.39, 0.29) is 48.3 Å². The van der Waals surface area contributed by atoms with Crippen LogP contribution in [0.2, 0.25) is 10.0 Å². The third-order valence-corrected chi connectivity index (χ3v) is 11.8. The lowest BCUT2D eigenvalue weighted by Gasteiger charge is -2.31. The maximum absolute atomic E-state index is 14.4. The fourth-order valence-electron chi connectivity index (χ4n) is 7.77. The van der Waals surface area contributed by atoms with E-state index in [1.807, 2.05) is 0 Å². The molecule has 15 heteroatoms. The van der Waals surface area contributed by atoms with Crippen molar-refractivity contribution >= 4 is 58.5 Å². The predicted octanol–water partition coefficient (Wildman–Crippen LogP) is 5.01. The summed E-state index contributed by atoms with van der Waals surface area (Å²) in [6.45, 7) is 2.98. The minimum Gasteiger partial charge on any atom is -0.396 e. The number of anilines is 2. The number of imidazole rings is 1. The molecular weight excluding hydrogens is 743 g/mol. The number of nitrogens with zero attached hydrogens (tertiary/aromatic N) is 6. The number of rotatable bonds is 10. The normalized spacial score (nSPS) is 20.7. The van der Waals surface area contributed by atoms with E-state index in [2.05, 4.69) is 26.7 Å². The van der Waals surface area contributed by atoms with Gasteiger partial charge in [0.1, 0.15) is 16.8 Å². The van der Waals surface area contributed by atoms with Gasteiger partial charge in [-0.1, -0.05) is 35.3 Å². The lowest BCUT2D eigenvalue weighted by atomic mass is 9.91. The zero-order valence-electron chi connectivity index (χ0n) is 30.0. The van der Waals surface area contributed by atoms with Crippen LogP contribution in [0, 0.1) is 17.2 Å². The van der Waals surface area contributed by atoms with E-state index in [1.165, 1.54) is 11.1 Å². The first-order chi connectivity index (χ1) is 26.4. The molecule has 3 N–H and O–H groups in total. The molecule has 4 aromatic rings. The van der Waals surface area contributed by atoms with Gasteiger partial charge in [0, 0.05) is 47.9 Å². The molecule has 1 atom stereocenters. The highest BCUT2D eigenvalue weighted by Gasteiger charge is 2.57. The van der Waals surface area contributed by atoms with Crippen LogP contribution in [-0.4, -0.2) is 73.4 Å². The SMILES string of the molecule is C[C@@]1(Cc2ccc(C#N)cc2)C(=O)N(c2cc(Cl)cc(Cl)c2)c2ncc(C(=O)NC3(C(=O)NC4(c5cc(C(=O)N6CCC(CO)CC6)ccn5)CC4)CC3)n21. The molecule has 2 aliphatic carbocycles. The summed E-state index contributed by atoms with van der Waals surface area (Å²) in [5, 5.41) is 25.6. The highest BCUT2D eigenvalue weighted by atomic mass is 35.5. The van der Waals surface area contributed by atoms with E-state index in [0.29, 0.717) is 71.3 Å². The topological polar surface area (TPSA) is 174 Å². The van der Waals surface area contributed by atoms with E-state index < -0.39 is 22.5 Å². The Morgan fingerprint density at radius 3 is 2.27 bits per heavy atom. The lowest BCUT2D eigenvalue weighted by Crippen LogP contribution is -2.52. The number of halogens is 2. The number of pyridine rings is 1. The molecule has 0 unspecified atom stereocenters. The van der Waals surface area contributed by atoms with Crippen molar-refractivity contribution in [1.29, 1.82) is 5.26 Å². The predicted molar refractivity (Wildman–Crippen MR) is 203 cm³/mol. The van der Waals surface area contributed by atoms with Crippen molar-refractivity contribution in [1.82, 2.24) is 30.1 Å². The Morgan fingerprint density at radius 2 is 1.65 bits per heavy atom. The van der Waals surface area contributed by atoms with Gasteiger partial charge in [-0.2, -0.15) is 5.26 Å². The number of hydrogen-bond donors (Lipinski definition) is 3. The molecule has 0 bridgehead atoms. The highest BCUT2D eigenvalue weighted by molar-refractivity contribution is 6.35. The highest BCUT2D eigenvalue weighted by Crippen LogP contribution is 2.48. The molecule has 282 valence electrons. The number of carbonyl (C=O) groups is 4. The summed E-state index contributed by atoms with van der Waals surface area (Å²) < 4.78 is 1.59. The van der Waals surface area contributed by atoms with Crippen LogP contribution in [0.5, 0.6) is 0 Å². The van der Waals surface area contributed by atoms with Crippen LogP contribution in [0.4, 0.5) is 11.6 Å². The molecule has 2 aliphatic heterocycles. The summed E-state index contributed by atoms with van der Waals surface area (Å²) in [5.74, 6) is -1.01. The second kappa shape index (κ2) is 13.8. The molecule has 4 aliphatic rings. The van der Waals surface area contributed by atoms with Crippen LogP contribution in [0.3, 0.4) is 0 Å². The summed E-state index contributed by atoms with van der Waals surface area (Å²) in [6.07, 6.45) is 6.71. The molecule has 2 aromatic heterocycles. The second-order valence-electron chi connectivity index (χ2n) is 15.2. The number of fused-ring (bicyclic) bond motifs is 1. The Labute approximate surface area is 327 Å². The zero-order valence-corrected chi connectivity index (χ0v) is 31.5. The fraction of sp³-hybridized carbons (Fsp3) is 0.375. The second-order valence-corrected chi connectivity index (χ2v) is 16.1. The number of amides is 4.